The number of aryl methyl sites for hydroxylation is 3. The summed E-state index contributed by atoms with van der Waals surface area (Å²) < 4.78 is 0. The molecule has 1 aliphatic rings. The van der Waals surface area contributed by atoms with Gasteiger partial charge in [0.15, 0.2) is 0 Å². The molecule has 20 heavy (non-hydrogen) atoms. The van der Waals surface area contributed by atoms with E-state index in [2.05, 4.69) is 37.3 Å². The molecule has 3 rings (SSSR count). The van der Waals surface area contributed by atoms with Crippen LogP contribution in [-0.2, 0) is 19.3 Å². The van der Waals surface area contributed by atoms with Gasteiger partial charge >= 0.3 is 0 Å². The molecule has 2 aromatic rings. The van der Waals surface area contributed by atoms with Gasteiger partial charge in [-0.3, -0.25) is 0 Å². The van der Waals surface area contributed by atoms with Gasteiger partial charge in [-0.2, -0.15) is 0 Å². The molecule has 2 heteroatoms. The summed E-state index contributed by atoms with van der Waals surface area (Å²) in [6.45, 7) is 2.19. The topological polar surface area (TPSA) is 20.2 Å². The lowest BCUT2D eigenvalue weighted by molar-refractivity contribution is 0.224. The zero-order valence-corrected chi connectivity index (χ0v) is 12.9. The summed E-state index contributed by atoms with van der Waals surface area (Å²) in [4.78, 5) is 2.60. The molecule has 0 radical (unpaired) electrons. The van der Waals surface area contributed by atoms with Crippen LogP contribution in [0.15, 0.2) is 30.3 Å². The molecule has 0 bridgehead atoms. The summed E-state index contributed by atoms with van der Waals surface area (Å²) >= 11 is 1.80. The fraction of sp³-hybridized carbons (Fsp3) is 0.444. The third-order valence-corrected chi connectivity index (χ3v) is 5.41. The van der Waals surface area contributed by atoms with Crippen molar-refractivity contribution in [1.29, 1.82) is 0 Å². The van der Waals surface area contributed by atoms with Crippen LogP contribution in [0.4, 0.5) is 0 Å². The van der Waals surface area contributed by atoms with E-state index in [0.29, 0.717) is 0 Å². The van der Waals surface area contributed by atoms with Gasteiger partial charge in [0.2, 0.25) is 0 Å². The lowest BCUT2D eigenvalue weighted by Gasteiger charge is -2.09. The van der Waals surface area contributed by atoms with Gasteiger partial charge in [0, 0.05) is 9.75 Å². The number of rotatable bonds is 4. The highest BCUT2D eigenvalue weighted by atomic mass is 32.1. The van der Waals surface area contributed by atoms with Gasteiger partial charge in [-0.15, -0.1) is 11.3 Å². The van der Waals surface area contributed by atoms with Crippen molar-refractivity contribution in [2.24, 2.45) is 0 Å². The Balaban J connectivity index is 1.80. The Hall–Kier alpha value is -1.12. The molecule has 1 N–H and O–H groups in total. The molecule has 0 saturated carbocycles. The van der Waals surface area contributed by atoms with Gasteiger partial charge < -0.3 is 5.11 Å². The molecular formula is C18H22OS. The Morgan fingerprint density at radius 1 is 1.15 bits per heavy atom. The zero-order valence-electron chi connectivity index (χ0n) is 12.1. The van der Waals surface area contributed by atoms with Crippen LogP contribution in [-0.4, -0.2) is 5.11 Å². The van der Waals surface area contributed by atoms with Crippen molar-refractivity contribution >= 4 is 11.3 Å². The molecule has 1 aromatic carbocycles. The van der Waals surface area contributed by atoms with Gasteiger partial charge in [-0.25, -0.2) is 0 Å². The van der Waals surface area contributed by atoms with Crippen LogP contribution in [0, 0.1) is 0 Å². The van der Waals surface area contributed by atoms with Crippen LogP contribution in [0.2, 0.25) is 0 Å². The second-order valence-electron chi connectivity index (χ2n) is 5.70. The normalized spacial score (nSPS) is 15.9. The molecule has 1 unspecified atom stereocenters. The minimum atomic E-state index is -0.457. The Labute approximate surface area is 125 Å². The highest BCUT2D eigenvalue weighted by Gasteiger charge is 2.18. The first-order valence-corrected chi connectivity index (χ1v) is 8.48. The zero-order chi connectivity index (χ0) is 13.9. The van der Waals surface area contributed by atoms with Gasteiger partial charge in [-0.05, 0) is 54.9 Å². The summed E-state index contributed by atoms with van der Waals surface area (Å²) in [6.07, 6.45) is 6.81. The number of benzene rings is 1. The first-order valence-electron chi connectivity index (χ1n) is 7.66. The van der Waals surface area contributed by atoms with Gasteiger partial charge in [0.05, 0.1) is 0 Å². The molecule has 0 fully saturated rings. The first kappa shape index (κ1) is 13.8. The standard InChI is InChI=1S/C18H22OS/c1-2-5-13-8-10-14(11-9-13)18(19)17-12-15-6-3-4-7-16(15)20-17/h8-12,18-19H,2-7H2,1H3. The Morgan fingerprint density at radius 2 is 1.90 bits per heavy atom. The van der Waals surface area contributed by atoms with Crippen molar-refractivity contribution in [3.05, 3.63) is 56.8 Å². The van der Waals surface area contributed by atoms with E-state index < -0.39 is 6.10 Å². The van der Waals surface area contributed by atoms with E-state index in [9.17, 15) is 5.11 Å². The molecule has 1 aromatic heterocycles. The predicted octanol–water partition coefficient (Wildman–Crippen LogP) is 4.66. The maximum Gasteiger partial charge on any atom is 0.113 e. The molecule has 1 aliphatic carbocycles. The SMILES string of the molecule is CCCc1ccc(C(O)c2cc3c(s2)CCCC3)cc1. The summed E-state index contributed by atoms with van der Waals surface area (Å²) in [5.74, 6) is 0. The van der Waals surface area contributed by atoms with Crippen LogP contribution >= 0.6 is 11.3 Å². The summed E-state index contributed by atoms with van der Waals surface area (Å²) in [5.41, 5.74) is 3.84. The van der Waals surface area contributed by atoms with E-state index in [1.54, 1.807) is 11.3 Å². The highest BCUT2D eigenvalue weighted by molar-refractivity contribution is 7.12. The average Bonchev–Trinajstić information content (AvgIpc) is 2.91. The van der Waals surface area contributed by atoms with Crippen molar-refractivity contribution in [3.63, 3.8) is 0 Å². The monoisotopic (exact) mass is 286 g/mol. The quantitative estimate of drug-likeness (QED) is 0.866. The Kier molecular flexibility index (Phi) is 4.23. The number of fused-ring (bicyclic) bond motifs is 1. The molecule has 0 aliphatic heterocycles. The van der Waals surface area contributed by atoms with Gasteiger partial charge in [0.1, 0.15) is 6.10 Å². The molecule has 0 saturated heterocycles. The third-order valence-electron chi connectivity index (χ3n) is 4.12. The van der Waals surface area contributed by atoms with E-state index in [0.717, 1.165) is 16.9 Å². The highest BCUT2D eigenvalue weighted by Crippen LogP contribution is 2.35. The van der Waals surface area contributed by atoms with E-state index in [1.807, 2.05) is 0 Å². The van der Waals surface area contributed by atoms with Crippen molar-refractivity contribution < 1.29 is 5.11 Å². The maximum atomic E-state index is 10.6. The molecule has 106 valence electrons. The average molecular weight is 286 g/mol. The van der Waals surface area contributed by atoms with Gasteiger partial charge in [0.25, 0.3) is 0 Å². The number of aliphatic hydroxyl groups excluding tert-OH is 1. The lowest BCUT2D eigenvalue weighted by Crippen LogP contribution is -1.98. The number of hydrogen-bond acceptors (Lipinski definition) is 2. The van der Waals surface area contributed by atoms with Crippen LogP contribution < -0.4 is 0 Å². The first-order chi connectivity index (χ1) is 9.78. The fourth-order valence-electron chi connectivity index (χ4n) is 2.97. The number of thiophene rings is 1. The summed E-state index contributed by atoms with van der Waals surface area (Å²) in [7, 11) is 0. The van der Waals surface area contributed by atoms with Crippen molar-refractivity contribution in [3.8, 4) is 0 Å². The molecule has 0 spiro atoms. The minimum Gasteiger partial charge on any atom is -0.383 e. The molecule has 1 atom stereocenters. The van der Waals surface area contributed by atoms with Crippen LogP contribution in [0.5, 0.6) is 0 Å². The minimum absolute atomic E-state index is 0.457. The molecule has 1 nitrogen and oxygen atoms in total. The van der Waals surface area contributed by atoms with Crippen LogP contribution in [0.25, 0.3) is 0 Å². The number of aliphatic hydroxyl groups is 1. The maximum absolute atomic E-state index is 10.6. The van der Waals surface area contributed by atoms with E-state index in [4.69, 9.17) is 0 Å². The third kappa shape index (κ3) is 2.82. The molecular weight excluding hydrogens is 264 g/mol. The lowest BCUT2D eigenvalue weighted by atomic mass is 9.98. The van der Waals surface area contributed by atoms with Crippen molar-refractivity contribution in [2.45, 2.75) is 51.6 Å². The largest absolute Gasteiger partial charge is 0.383 e. The van der Waals surface area contributed by atoms with Crippen molar-refractivity contribution in [1.82, 2.24) is 0 Å². The fourth-order valence-corrected chi connectivity index (χ4v) is 4.24. The van der Waals surface area contributed by atoms with E-state index in [1.165, 1.54) is 48.1 Å². The second-order valence-corrected chi connectivity index (χ2v) is 6.87. The predicted molar refractivity (Wildman–Crippen MR) is 85.5 cm³/mol. The molecule has 0 amide bonds. The van der Waals surface area contributed by atoms with Crippen LogP contribution in [0.1, 0.15) is 58.7 Å². The summed E-state index contributed by atoms with van der Waals surface area (Å²) in [6, 6.07) is 10.7. The van der Waals surface area contributed by atoms with Crippen LogP contribution in [0.3, 0.4) is 0 Å². The second kappa shape index (κ2) is 6.11. The summed E-state index contributed by atoms with van der Waals surface area (Å²) in [5, 5.41) is 10.6. The van der Waals surface area contributed by atoms with Gasteiger partial charge in [-0.1, -0.05) is 37.6 Å². The number of hydrogen-bond donors (Lipinski definition) is 1. The Morgan fingerprint density at radius 3 is 2.60 bits per heavy atom. The molecule has 1 heterocycles. The Bertz CT molecular complexity index is 544. The smallest absolute Gasteiger partial charge is 0.113 e. The van der Waals surface area contributed by atoms with E-state index in [-0.39, 0.29) is 0 Å². The van der Waals surface area contributed by atoms with E-state index >= 15 is 0 Å². The van der Waals surface area contributed by atoms with Crippen molar-refractivity contribution in [2.75, 3.05) is 0 Å².